The van der Waals surface area contributed by atoms with Gasteiger partial charge in [0.25, 0.3) is 0 Å². The third-order valence-electron chi connectivity index (χ3n) is 3.12. The van der Waals surface area contributed by atoms with E-state index in [1.165, 1.54) is 0 Å². The highest BCUT2D eigenvalue weighted by Gasteiger charge is 1.90. The fourth-order valence-corrected chi connectivity index (χ4v) is 1.85. The predicted octanol–water partition coefficient (Wildman–Crippen LogP) is 6.55. The number of hydrogen-bond donors (Lipinski definition) is 1. The molecule has 0 amide bonds. The molecule has 0 saturated heterocycles. The number of carboxylic acid groups (broad SMARTS) is 1. The van der Waals surface area contributed by atoms with Crippen LogP contribution in [-0.4, -0.2) is 11.1 Å². The zero-order chi connectivity index (χ0) is 17.7. The Bertz CT molecular complexity index is 462. The maximum absolute atomic E-state index is 10.3. The van der Waals surface area contributed by atoms with Gasteiger partial charge in [0.05, 0.1) is 0 Å². The standard InChI is InChI=1S/C22H32O2/c1-2-3-4-5-6-7-8-9-10-11-12-13-14-15-16-17-18-19-20-21-22(23)24/h3-4,6-7,9-10,12-13,15-16,18-19H,2,5,8,11,14,17,20-21H2,1H3,(H,23,24)/b4-3-,7-6-,10-9-,13-12-,16-15?,19-18?. The molecule has 132 valence electrons. The van der Waals surface area contributed by atoms with E-state index in [2.05, 4.69) is 67.7 Å². The Labute approximate surface area is 147 Å². The lowest BCUT2D eigenvalue weighted by Gasteiger charge is -1.87. The Hall–Kier alpha value is -2.09. The van der Waals surface area contributed by atoms with Gasteiger partial charge in [-0.15, -0.1) is 0 Å². The number of hydrogen-bond acceptors (Lipinski definition) is 1. The van der Waals surface area contributed by atoms with Gasteiger partial charge in [-0.25, -0.2) is 0 Å². The van der Waals surface area contributed by atoms with Crippen molar-refractivity contribution in [3.05, 3.63) is 72.9 Å². The summed E-state index contributed by atoms with van der Waals surface area (Å²) in [4.78, 5) is 10.3. The maximum atomic E-state index is 10.3. The van der Waals surface area contributed by atoms with Crippen LogP contribution in [0.2, 0.25) is 0 Å². The van der Waals surface area contributed by atoms with E-state index >= 15 is 0 Å². The van der Waals surface area contributed by atoms with E-state index in [1.54, 1.807) is 0 Å². The molecular formula is C22H32O2. The van der Waals surface area contributed by atoms with Crippen molar-refractivity contribution in [2.75, 3.05) is 0 Å². The van der Waals surface area contributed by atoms with Crippen LogP contribution in [-0.2, 0) is 4.79 Å². The van der Waals surface area contributed by atoms with Crippen molar-refractivity contribution < 1.29 is 9.90 Å². The van der Waals surface area contributed by atoms with Crippen molar-refractivity contribution >= 4 is 5.97 Å². The van der Waals surface area contributed by atoms with Crippen LogP contribution in [0.25, 0.3) is 0 Å². The molecule has 0 aromatic heterocycles. The number of rotatable bonds is 14. The van der Waals surface area contributed by atoms with E-state index in [0.717, 1.165) is 38.5 Å². The van der Waals surface area contributed by atoms with Gasteiger partial charge >= 0.3 is 5.97 Å². The molecule has 0 aromatic carbocycles. The number of aliphatic carboxylic acids is 1. The summed E-state index contributed by atoms with van der Waals surface area (Å²) >= 11 is 0. The molecule has 0 rings (SSSR count). The second-order valence-corrected chi connectivity index (χ2v) is 5.35. The van der Waals surface area contributed by atoms with Crippen LogP contribution in [0.3, 0.4) is 0 Å². The highest BCUT2D eigenvalue weighted by molar-refractivity contribution is 5.66. The highest BCUT2D eigenvalue weighted by atomic mass is 16.4. The lowest BCUT2D eigenvalue weighted by atomic mass is 10.2. The van der Waals surface area contributed by atoms with Gasteiger partial charge < -0.3 is 5.11 Å². The zero-order valence-corrected chi connectivity index (χ0v) is 14.9. The van der Waals surface area contributed by atoms with Gasteiger partial charge in [0.15, 0.2) is 0 Å². The first-order valence-electron chi connectivity index (χ1n) is 8.89. The number of carbonyl (C=O) groups is 1. The monoisotopic (exact) mass is 328 g/mol. The molecule has 0 bridgehead atoms. The summed E-state index contributed by atoms with van der Waals surface area (Å²) in [6, 6.07) is 0. The summed E-state index contributed by atoms with van der Waals surface area (Å²) in [5, 5.41) is 8.49. The molecule has 1 N–H and O–H groups in total. The van der Waals surface area contributed by atoms with Gasteiger partial charge in [-0.2, -0.15) is 0 Å². The van der Waals surface area contributed by atoms with Gasteiger partial charge in [0.2, 0.25) is 0 Å². The van der Waals surface area contributed by atoms with Gasteiger partial charge in [-0.3, -0.25) is 4.79 Å². The molecule has 0 aliphatic rings. The molecule has 0 saturated carbocycles. The molecule has 2 nitrogen and oxygen atoms in total. The van der Waals surface area contributed by atoms with Gasteiger partial charge in [-0.1, -0.05) is 79.8 Å². The van der Waals surface area contributed by atoms with E-state index in [1.807, 2.05) is 12.2 Å². The minimum Gasteiger partial charge on any atom is -0.481 e. The highest BCUT2D eigenvalue weighted by Crippen LogP contribution is 1.97. The third kappa shape index (κ3) is 19.9. The van der Waals surface area contributed by atoms with Crippen LogP contribution in [0.5, 0.6) is 0 Å². The van der Waals surface area contributed by atoms with Crippen molar-refractivity contribution in [2.45, 2.75) is 58.3 Å². The van der Waals surface area contributed by atoms with Crippen LogP contribution >= 0.6 is 0 Å². The van der Waals surface area contributed by atoms with E-state index in [-0.39, 0.29) is 6.42 Å². The summed E-state index contributed by atoms with van der Waals surface area (Å²) in [5.41, 5.74) is 0. The predicted molar refractivity (Wildman–Crippen MR) is 105 cm³/mol. The molecule has 0 heterocycles. The summed E-state index contributed by atoms with van der Waals surface area (Å²) in [6.45, 7) is 2.15. The lowest BCUT2D eigenvalue weighted by molar-refractivity contribution is -0.136. The largest absolute Gasteiger partial charge is 0.481 e. The topological polar surface area (TPSA) is 37.3 Å². The molecule has 0 aliphatic carbocycles. The van der Waals surface area contributed by atoms with Gasteiger partial charge in [0.1, 0.15) is 0 Å². The Morgan fingerprint density at radius 2 is 0.958 bits per heavy atom. The summed E-state index contributed by atoms with van der Waals surface area (Å²) < 4.78 is 0. The Morgan fingerprint density at radius 3 is 1.29 bits per heavy atom. The fraction of sp³-hybridized carbons (Fsp3) is 0.409. The molecule has 0 aromatic rings. The van der Waals surface area contributed by atoms with Crippen molar-refractivity contribution in [1.29, 1.82) is 0 Å². The first-order chi connectivity index (χ1) is 11.8. The van der Waals surface area contributed by atoms with Crippen molar-refractivity contribution in [3.63, 3.8) is 0 Å². The maximum Gasteiger partial charge on any atom is 0.303 e. The van der Waals surface area contributed by atoms with Crippen molar-refractivity contribution in [2.24, 2.45) is 0 Å². The van der Waals surface area contributed by atoms with Crippen LogP contribution < -0.4 is 0 Å². The van der Waals surface area contributed by atoms with Crippen LogP contribution in [0.15, 0.2) is 72.9 Å². The van der Waals surface area contributed by atoms with E-state index < -0.39 is 5.97 Å². The first kappa shape index (κ1) is 21.9. The third-order valence-corrected chi connectivity index (χ3v) is 3.12. The molecule has 24 heavy (non-hydrogen) atoms. The van der Waals surface area contributed by atoms with E-state index in [4.69, 9.17) is 5.11 Å². The van der Waals surface area contributed by atoms with Crippen molar-refractivity contribution in [3.8, 4) is 0 Å². The fourth-order valence-electron chi connectivity index (χ4n) is 1.85. The average Bonchev–Trinajstić information content (AvgIpc) is 2.56. The number of carboxylic acids is 1. The van der Waals surface area contributed by atoms with Gasteiger partial charge in [0, 0.05) is 6.42 Å². The Kier molecular flexibility index (Phi) is 17.3. The molecule has 0 radical (unpaired) electrons. The van der Waals surface area contributed by atoms with Crippen LogP contribution in [0.1, 0.15) is 58.3 Å². The van der Waals surface area contributed by atoms with Crippen LogP contribution in [0, 0.1) is 0 Å². The minimum absolute atomic E-state index is 0.210. The smallest absolute Gasteiger partial charge is 0.303 e. The first-order valence-corrected chi connectivity index (χ1v) is 8.89. The Morgan fingerprint density at radius 1 is 0.625 bits per heavy atom. The minimum atomic E-state index is -0.741. The van der Waals surface area contributed by atoms with E-state index in [0.29, 0.717) is 6.42 Å². The Balaban J connectivity index is 3.51. The molecule has 0 atom stereocenters. The van der Waals surface area contributed by atoms with Crippen molar-refractivity contribution in [1.82, 2.24) is 0 Å². The number of allylic oxidation sites excluding steroid dienone is 12. The van der Waals surface area contributed by atoms with Gasteiger partial charge in [-0.05, 0) is 44.9 Å². The lowest BCUT2D eigenvalue weighted by Crippen LogP contribution is -1.91. The molecule has 0 spiro atoms. The summed E-state index contributed by atoms with van der Waals surface area (Å²) in [6.07, 6.45) is 32.5. The quantitative estimate of drug-likeness (QED) is 0.367. The molecular weight excluding hydrogens is 296 g/mol. The summed E-state index contributed by atoms with van der Waals surface area (Å²) in [7, 11) is 0. The normalized spacial score (nSPS) is 13.0. The SMILES string of the molecule is CC/C=C\C/C=C\C/C=C\C/C=C\CC=CCC=CCCC(=O)O. The molecule has 0 unspecified atom stereocenters. The van der Waals surface area contributed by atoms with Crippen LogP contribution in [0.4, 0.5) is 0 Å². The summed E-state index contributed by atoms with van der Waals surface area (Å²) in [5.74, 6) is -0.741. The second-order valence-electron chi connectivity index (χ2n) is 5.35. The van der Waals surface area contributed by atoms with E-state index in [9.17, 15) is 4.79 Å². The molecule has 0 fully saturated rings. The molecule has 0 aliphatic heterocycles. The molecule has 2 heteroatoms. The zero-order valence-electron chi connectivity index (χ0n) is 14.9. The second kappa shape index (κ2) is 19.0. The average molecular weight is 328 g/mol.